The number of nitrogens with one attached hydrogen (secondary N) is 1. The van der Waals surface area contributed by atoms with Gasteiger partial charge in [-0.05, 0) is 38.4 Å². The zero-order chi connectivity index (χ0) is 8.55. The highest BCUT2D eigenvalue weighted by atomic mass is 32.1. The van der Waals surface area contributed by atoms with E-state index in [9.17, 15) is 0 Å². The molecule has 3 unspecified atom stereocenters. The molecule has 0 radical (unpaired) electrons. The van der Waals surface area contributed by atoms with Crippen molar-refractivity contribution in [1.29, 1.82) is 0 Å². The SMILES string of the molecule is CC1NC(=S)OC2CCCCC12. The van der Waals surface area contributed by atoms with Crippen LogP contribution in [0.3, 0.4) is 0 Å². The van der Waals surface area contributed by atoms with Gasteiger partial charge in [0, 0.05) is 12.0 Å². The first-order valence-electron chi connectivity index (χ1n) is 4.74. The van der Waals surface area contributed by atoms with Crippen molar-refractivity contribution in [2.75, 3.05) is 0 Å². The van der Waals surface area contributed by atoms with Gasteiger partial charge in [-0.3, -0.25) is 0 Å². The van der Waals surface area contributed by atoms with E-state index >= 15 is 0 Å². The van der Waals surface area contributed by atoms with Crippen LogP contribution >= 0.6 is 12.2 Å². The summed E-state index contributed by atoms with van der Waals surface area (Å²) >= 11 is 5.02. The third-order valence-corrected chi connectivity index (χ3v) is 3.21. The van der Waals surface area contributed by atoms with Gasteiger partial charge >= 0.3 is 0 Å². The molecule has 2 nitrogen and oxygen atoms in total. The second kappa shape index (κ2) is 3.21. The molecule has 0 aromatic heterocycles. The molecule has 0 aromatic rings. The highest BCUT2D eigenvalue weighted by Crippen LogP contribution is 2.31. The lowest BCUT2D eigenvalue weighted by molar-refractivity contribution is 0.0383. The molecular formula is C9H15NOS. The Morgan fingerprint density at radius 2 is 2.17 bits per heavy atom. The molecule has 2 aliphatic rings. The number of thiocarbonyl (C=S) groups is 1. The van der Waals surface area contributed by atoms with E-state index in [4.69, 9.17) is 17.0 Å². The van der Waals surface area contributed by atoms with Crippen molar-refractivity contribution in [2.45, 2.75) is 44.8 Å². The van der Waals surface area contributed by atoms with Gasteiger partial charge in [-0.1, -0.05) is 6.42 Å². The molecule has 1 saturated heterocycles. The maximum Gasteiger partial charge on any atom is 0.257 e. The summed E-state index contributed by atoms with van der Waals surface area (Å²) in [5.41, 5.74) is 0. The topological polar surface area (TPSA) is 21.3 Å². The molecule has 1 aliphatic carbocycles. The molecule has 1 N–H and O–H groups in total. The van der Waals surface area contributed by atoms with Gasteiger partial charge in [-0.25, -0.2) is 0 Å². The summed E-state index contributed by atoms with van der Waals surface area (Å²) in [7, 11) is 0. The molecule has 0 spiro atoms. The van der Waals surface area contributed by atoms with Crippen molar-refractivity contribution in [3.8, 4) is 0 Å². The van der Waals surface area contributed by atoms with Gasteiger partial charge in [0.15, 0.2) is 0 Å². The molecule has 3 atom stereocenters. The van der Waals surface area contributed by atoms with Gasteiger partial charge in [-0.15, -0.1) is 0 Å². The third-order valence-electron chi connectivity index (χ3n) is 3.00. The Morgan fingerprint density at radius 3 is 3.00 bits per heavy atom. The Morgan fingerprint density at radius 1 is 1.42 bits per heavy atom. The van der Waals surface area contributed by atoms with Crippen LogP contribution in [0.15, 0.2) is 0 Å². The van der Waals surface area contributed by atoms with E-state index in [0.29, 0.717) is 23.2 Å². The maximum absolute atomic E-state index is 5.58. The van der Waals surface area contributed by atoms with Gasteiger partial charge in [0.2, 0.25) is 0 Å². The number of hydrogen-bond acceptors (Lipinski definition) is 2. The number of fused-ring (bicyclic) bond motifs is 1. The zero-order valence-corrected chi connectivity index (χ0v) is 8.19. The van der Waals surface area contributed by atoms with Crippen LogP contribution < -0.4 is 5.32 Å². The minimum absolute atomic E-state index is 0.405. The van der Waals surface area contributed by atoms with Crippen LogP contribution in [0.5, 0.6) is 0 Å². The summed E-state index contributed by atoms with van der Waals surface area (Å²) in [5.74, 6) is 0.686. The summed E-state index contributed by atoms with van der Waals surface area (Å²) in [6.45, 7) is 2.21. The van der Waals surface area contributed by atoms with E-state index < -0.39 is 0 Å². The smallest absolute Gasteiger partial charge is 0.257 e. The van der Waals surface area contributed by atoms with Crippen LogP contribution in [0.4, 0.5) is 0 Å². The van der Waals surface area contributed by atoms with E-state index in [0.717, 1.165) is 0 Å². The molecule has 1 aliphatic heterocycles. The molecular weight excluding hydrogens is 170 g/mol. The Bertz CT molecular complexity index is 195. The lowest BCUT2D eigenvalue weighted by Gasteiger charge is -2.40. The first kappa shape index (κ1) is 8.30. The lowest BCUT2D eigenvalue weighted by Crippen LogP contribution is -2.52. The molecule has 2 fully saturated rings. The maximum atomic E-state index is 5.58. The standard InChI is InChI=1S/C9H15NOS/c1-6-7-4-2-3-5-8(7)11-9(12)10-6/h6-8H,2-5H2,1H3,(H,10,12). The first-order chi connectivity index (χ1) is 5.77. The van der Waals surface area contributed by atoms with Crippen LogP contribution in [-0.2, 0) is 4.74 Å². The van der Waals surface area contributed by atoms with Crippen LogP contribution in [0.2, 0.25) is 0 Å². The Hall–Kier alpha value is -0.310. The van der Waals surface area contributed by atoms with Crippen molar-refractivity contribution in [2.24, 2.45) is 5.92 Å². The minimum atomic E-state index is 0.405. The molecule has 68 valence electrons. The van der Waals surface area contributed by atoms with E-state index in [1.54, 1.807) is 0 Å². The molecule has 0 amide bonds. The van der Waals surface area contributed by atoms with Crippen molar-refractivity contribution in [3.05, 3.63) is 0 Å². The Labute approximate surface area is 78.7 Å². The fourth-order valence-electron chi connectivity index (χ4n) is 2.31. The molecule has 12 heavy (non-hydrogen) atoms. The van der Waals surface area contributed by atoms with Crippen molar-refractivity contribution >= 4 is 17.4 Å². The number of ether oxygens (including phenoxy) is 1. The minimum Gasteiger partial charge on any atom is -0.467 e. The van der Waals surface area contributed by atoms with Gasteiger partial charge in [0.05, 0.1) is 0 Å². The van der Waals surface area contributed by atoms with Crippen LogP contribution in [-0.4, -0.2) is 17.3 Å². The van der Waals surface area contributed by atoms with Crippen molar-refractivity contribution < 1.29 is 4.74 Å². The Kier molecular flexibility index (Phi) is 2.22. The van der Waals surface area contributed by atoms with E-state index in [2.05, 4.69) is 12.2 Å². The molecule has 1 heterocycles. The summed E-state index contributed by atoms with van der Waals surface area (Å²) < 4.78 is 5.58. The highest BCUT2D eigenvalue weighted by Gasteiger charge is 2.35. The third kappa shape index (κ3) is 1.42. The number of hydrogen-bond donors (Lipinski definition) is 1. The van der Waals surface area contributed by atoms with Gasteiger partial charge in [0.25, 0.3) is 5.17 Å². The van der Waals surface area contributed by atoms with Gasteiger partial charge < -0.3 is 10.1 Å². The normalized spacial score (nSPS) is 41.1. The largest absolute Gasteiger partial charge is 0.467 e. The predicted molar refractivity (Wildman–Crippen MR) is 52.0 cm³/mol. The van der Waals surface area contributed by atoms with E-state index in [-0.39, 0.29) is 0 Å². The lowest BCUT2D eigenvalue weighted by atomic mass is 9.81. The quantitative estimate of drug-likeness (QED) is 0.582. The molecule has 1 saturated carbocycles. The average Bonchev–Trinajstić information content (AvgIpc) is 2.04. The van der Waals surface area contributed by atoms with Crippen LogP contribution in [0, 0.1) is 5.92 Å². The first-order valence-corrected chi connectivity index (χ1v) is 5.15. The zero-order valence-electron chi connectivity index (χ0n) is 7.38. The molecule has 0 aromatic carbocycles. The summed E-state index contributed by atoms with van der Waals surface area (Å²) in [4.78, 5) is 0. The summed E-state index contributed by atoms with van der Waals surface area (Å²) in [6.07, 6.45) is 5.54. The average molecular weight is 185 g/mol. The van der Waals surface area contributed by atoms with Gasteiger partial charge in [-0.2, -0.15) is 0 Å². The monoisotopic (exact) mass is 185 g/mol. The van der Waals surface area contributed by atoms with Crippen molar-refractivity contribution in [1.82, 2.24) is 5.32 Å². The fraction of sp³-hybridized carbons (Fsp3) is 0.889. The highest BCUT2D eigenvalue weighted by molar-refractivity contribution is 7.80. The van der Waals surface area contributed by atoms with Crippen molar-refractivity contribution in [3.63, 3.8) is 0 Å². The second-order valence-electron chi connectivity index (χ2n) is 3.83. The summed E-state index contributed by atoms with van der Waals surface area (Å²) in [5, 5.41) is 3.79. The summed E-state index contributed by atoms with van der Waals surface area (Å²) in [6, 6.07) is 0.511. The second-order valence-corrected chi connectivity index (χ2v) is 4.20. The molecule has 3 heteroatoms. The van der Waals surface area contributed by atoms with Crippen LogP contribution in [0.1, 0.15) is 32.6 Å². The van der Waals surface area contributed by atoms with E-state index in [1.165, 1.54) is 25.7 Å². The van der Waals surface area contributed by atoms with Gasteiger partial charge in [0.1, 0.15) is 6.10 Å². The van der Waals surface area contributed by atoms with Crippen LogP contribution in [0.25, 0.3) is 0 Å². The fourth-order valence-corrected chi connectivity index (χ4v) is 2.62. The molecule has 0 bridgehead atoms. The Balaban J connectivity index is 2.06. The van der Waals surface area contributed by atoms with E-state index in [1.807, 2.05) is 0 Å². The molecule has 2 rings (SSSR count). The number of rotatable bonds is 0. The predicted octanol–water partition coefficient (Wildman–Crippen LogP) is 1.84.